The van der Waals surface area contributed by atoms with E-state index in [2.05, 4.69) is 0 Å². The Hall–Kier alpha value is -1.05. The van der Waals surface area contributed by atoms with E-state index in [1.807, 2.05) is 0 Å². The van der Waals surface area contributed by atoms with Gasteiger partial charge in [0.25, 0.3) is 0 Å². The molecular formula is C12H15NO5S. The van der Waals surface area contributed by atoms with Gasteiger partial charge in [0.15, 0.2) is 0 Å². The van der Waals surface area contributed by atoms with Crippen molar-refractivity contribution in [3.8, 4) is 0 Å². The zero-order valence-electron chi connectivity index (χ0n) is 10.4. The fraction of sp³-hybridized carbons (Fsp3) is 0.667. The van der Waals surface area contributed by atoms with Gasteiger partial charge < -0.3 is 14.9 Å². The molecule has 2 fully saturated rings. The molecule has 3 heterocycles. The van der Waals surface area contributed by atoms with Crippen LogP contribution in [-0.2, 0) is 14.3 Å². The molecule has 3 aliphatic rings. The average Bonchev–Trinajstić information content (AvgIpc) is 2.92. The summed E-state index contributed by atoms with van der Waals surface area (Å²) in [6, 6.07) is 0. The minimum Gasteiger partial charge on any atom is -0.477 e. The second kappa shape index (κ2) is 4.50. The van der Waals surface area contributed by atoms with E-state index in [0.29, 0.717) is 11.5 Å². The number of amides is 1. The number of hydrogen-bond donors (Lipinski definition) is 2. The Morgan fingerprint density at radius 1 is 1.58 bits per heavy atom. The maximum Gasteiger partial charge on any atom is 0.353 e. The van der Waals surface area contributed by atoms with Gasteiger partial charge in [-0.15, -0.1) is 0 Å². The first-order chi connectivity index (χ1) is 9.02. The van der Waals surface area contributed by atoms with Crippen LogP contribution in [0, 0.1) is 5.92 Å². The summed E-state index contributed by atoms with van der Waals surface area (Å²) in [6.07, 6.45) is 0.706. The summed E-state index contributed by atoms with van der Waals surface area (Å²) in [5.74, 6) is -1.92. The molecule has 6 nitrogen and oxygen atoms in total. The van der Waals surface area contributed by atoms with E-state index in [-0.39, 0.29) is 23.1 Å². The van der Waals surface area contributed by atoms with Gasteiger partial charge in [-0.3, -0.25) is 9.69 Å². The van der Waals surface area contributed by atoms with Crippen molar-refractivity contribution in [3.63, 3.8) is 0 Å². The number of aliphatic carboxylic acids is 1. The van der Waals surface area contributed by atoms with Gasteiger partial charge in [0.2, 0.25) is 5.91 Å². The van der Waals surface area contributed by atoms with Gasteiger partial charge in [-0.1, -0.05) is 11.8 Å². The monoisotopic (exact) mass is 285 g/mol. The Labute approximate surface area is 114 Å². The van der Waals surface area contributed by atoms with Gasteiger partial charge in [0, 0.05) is 11.5 Å². The summed E-state index contributed by atoms with van der Waals surface area (Å²) in [4.78, 5) is 25.3. The summed E-state index contributed by atoms with van der Waals surface area (Å²) in [7, 11) is 0. The molecule has 4 atom stereocenters. The Kier molecular flexibility index (Phi) is 3.07. The molecule has 0 bridgehead atoms. The first kappa shape index (κ1) is 13.0. The Bertz CT molecular complexity index is 469. The van der Waals surface area contributed by atoms with Crippen LogP contribution in [0.3, 0.4) is 0 Å². The molecule has 0 spiro atoms. The number of nitrogens with zero attached hydrogens (tertiary/aromatic N) is 1. The molecule has 0 aliphatic carbocycles. The van der Waals surface area contributed by atoms with Crippen LogP contribution in [0.2, 0.25) is 0 Å². The van der Waals surface area contributed by atoms with E-state index in [0.717, 1.165) is 12.8 Å². The average molecular weight is 285 g/mol. The number of thioether (sulfide) groups is 1. The Morgan fingerprint density at radius 3 is 2.84 bits per heavy atom. The standard InChI is InChI=1S/C12H15NO5S/c1-5(14)7-10(15)13-8(12(16)17)9(19-11(7)13)6-3-2-4-18-6/h5-7,11,14H,2-4H2,1H3,(H,16,17)/t5?,6-,7+,11-/m1/s1. The first-order valence-corrected chi connectivity index (χ1v) is 7.17. The highest BCUT2D eigenvalue weighted by Crippen LogP contribution is 2.52. The predicted molar refractivity (Wildman–Crippen MR) is 67.0 cm³/mol. The Balaban J connectivity index is 1.91. The minimum atomic E-state index is -1.10. The number of aliphatic hydroxyl groups excluding tert-OH is 1. The number of carboxylic acid groups (broad SMARTS) is 1. The van der Waals surface area contributed by atoms with Gasteiger partial charge in [0.1, 0.15) is 11.1 Å². The van der Waals surface area contributed by atoms with Crippen molar-refractivity contribution in [2.24, 2.45) is 5.92 Å². The van der Waals surface area contributed by atoms with Crippen LogP contribution in [0.5, 0.6) is 0 Å². The van der Waals surface area contributed by atoms with E-state index in [9.17, 15) is 19.8 Å². The largest absolute Gasteiger partial charge is 0.477 e. The number of β-lactam (4-membered cyclic amide) rings is 1. The van der Waals surface area contributed by atoms with Crippen molar-refractivity contribution in [2.45, 2.75) is 37.3 Å². The van der Waals surface area contributed by atoms with Crippen molar-refractivity contribution in [1.29, 1.82) is 0 Å². The van der Waals surface area contributed by atoms with E-state index in [4.69, 9.17) is 4.74 Å². The summed E-state index contributed by atoms with van der Waals surface area (Å²) >= 11 is 1.35. The first-order valence-electron chi connectivity index (χ1n) is 6.29. The zero-order chi connectivity index (χ0) is 13.7. The molecule has 1 amide bonds. The Morgan fingerprint density at radius 2 is 2.32 bits per heavy atom. The molecule has 2 N–H and O–H groups in total. The molecule has 0 aromatic heterocycles. The van der Waals surface area contributed by atoms with Crippen molar-refractivity contribution < 1.29 is 24.5 Å². The lowest BCUT2D eigenvalue weighted by Gasteiger charge is -2.43. The molecule has 3 rings (SSSR count). The van der Waals surface area contributed by atoms with E-state index >= 15 is 0 Å². The maximum absolute atomic E-state index is 12.0. The molecule has 3 aliphatic heterocycles. The van der Waals surface area contributed by atoms with Gasteiger partial charge in [-0.05, 0) is 19.8 Å². The van der Waals surface area contributed by atoms with Crippen molar-refractivity contribution >= 4 is 23.6 Å². The van der Waals surface area contributed by atoms with Crippen molar-refractivity contribution in [1.82, 2.24) is 4.90 Å². The number of ether oxygens (including phenoxy) is 1. The fourth-order valence-electron chi connectivity index (χ4n) is 2.82. The van der Waals surface area contributed by atoms with Crippen LogP contribution in [-0.4, -0.2) is 51.2 Å². The fourth-order valence-corrected chi connectivity index (χ4v) is 4.52. The third-order valence-electron chi connectivity index (χ3n) is 3.75. The number of carboxylic acids is 1. The number of aliphatic hydroxyl groups is 1. The van der Waals surface area contributed by atoms with E-state index in [1.54, 1.807) is 6.92 Å². The van der Waals surface area contributed by atoms with Crippen LogP contribution in [0.25, 0.3) is 0 Å². The molecule has 0 radical (unpaired) electrons. The number of fused-ring (bicyclic) bond motifs is 1. The third-order valence-corrected chi connectivity index (χ3v) is 5.21. The predicted octanol–water partition coefficient (Wildman–Crippen LogP) is 0.374. The summed E-state index contributed by atoms with van der Waals surface area (Å²) in [6.45, 7) is 2.19. The van der Waals surface area contributed by atoms with Crippen LogP contribution in [0.1, 0.15) is 19.8 Å². The number of carbonyl (C=O) groups is 2. The second-order valence-corrected chi connectivity index (χ2v) is 6.16. The van der Waals surface area contributed by atoms with Crippen molar-refractivity contribution in [2.75, 3.05) is 6.61 Å². The lowest BCUT2D eigenvalue weighted by Crippen LogP contribution is -2.60. The highest BCUT2D eigenvalue weighted by atomic mass is 32.2. The van der Waals surface area contributed by atoms with Crippen LogP contribution >= 0.6 is 11.8 Å². The van der Waals surface area contributed by atoms with Gasteiger partial charge in [0.05, 0.1) is 18.1 Å². The molecule has 19 heavy (non-hydrogen) atoms. The SMILES string of the molecule is CC(O)[C@H]1C(=O)N2C(C(=O)O)=C([C@H]3CCCO3)S[C@H]12. The van der Waals surface area contributed by atoms with Gasteiger partial charge in [-0.25, -0.2) is 4.79 Å². The van der Waals surface area contributed by atoms with Crippen LogP contribution in [0.15, 0.2) is 10.6 Å². The van der Waals surface area contributed by atoms with Gasteiger partial charge >= 0.3 is 5.97 Å². The number of rotatable bonds is 3. The quantitative estimate of drug-likeness (QED) is 0.729. The minimum absolute atomic E-state index is 0.0452. The smallest absolute Gasteiger partial charge is 0.353 e. The molecule has 0 aromatic rings. The lowest BCUT2D eigenvalue weighted by atomic mass is 9.92. The number of carbonyl (C=O) groups excluding carboxylic acids is 1. The van der Waals surface area contributed by atoms with Crippen molar-refractivity contribution in [3.05, 3.63) is 10.6 Å². The normalized spacial score (nSPS) is 35.4. The molecule has 104 valence electrons. The highest BCUT2D eigenvalue weighted by Gasteiger charge is 2.58. The summed E-state index contributed by atoms with van der Waals surface area (Å²) in [5.41, 5.74) is 0.0452. The van der Waals surface area contributed by atoms with Gasteiger partial charge in [-0.2, -0.15) is 0 Å². The maximum atomic E-state index is 12.0. The molecular weight excluding hydrogens is 270 g/mol. The third kappa shape index (κ3) is 1.79. The summed E-state index contributed by atoms with van der Waals surface area (Å²) < 4.78 is 5.53. The van der Waals surface area contributed by atoms with Crippen LogP contribution < -0.4 is 0 Å². The lowest BCUT2D eigenvalue weighted by molar-refractivity contribution is -0.156. The topological polar surface area (TPSA) is 87.1 Å². The molecule has 0 aromatic carbocycles. The van der Waals surface area contributed by atoms with E-state index < -0.39 is 18.0 Å². The molecule has 2 saturated heterocycles. The molecule has 0 saturated carbocycles. The molecule has 1 unspecified atom stereocenters. The van der Waals surface area contributed by atoms with E-state index in [1.165, 1.54) is 16.7 Å². The van der Waals surface area contributed by atoms with Crippen LogP contribution in [0.4, 0.5) is 0 Å². The highest BCUT2D eigenvalue weighted by molar-refractivity contribution is 8.04. The number of hydrogen-bond acceptors (Lipinski definition) is 5. The molecule has 7 heteroatoms. The summed E-state index contributed by atoms with van der Waals surface area (Å²) in [5, 5.41) is 18.6. The zero-order valence-corrected chi connectivity index (χ0v) is 11.2. The second-order valence-electron chi connectivity index (χ2n) is 5.00.